The standard InChI is InChI=1S/C16H22N4O4/c1-16(22,10-19(2)3)9-18-15(21)6-11-8-17-14-5-4-12(20(23)24)7-13(11)14/h4-5,7-8,17,22H,6,9-10H2,1-3H3,(H,18,21). The zero-order valence-corrected chi connectivity index (χ0v) is 14.0. The number of rotatable bonds is 7. The van der Waals surface area contributed by atoms with Crippen LogP contribution in [0.5, 0.6) is 0 Å². The fourth-order valence-electron chi connectivity index (χ4n) is 2.69. The Balaban J connectivity index is 2.05. The molecular weight excluding hydrogens is 312 g/mol. The van der Waals surface area contributed by atoms with E-state index >= 15 is 0 Å². The van der Waals surface area contributed by atoms with Crippen molar-refractivity contribution < 1.29 is 14.8 Å². The lowest BCUT2D eigenvalue weighted by atomic mass is 10.1. The number of nitrogens with zero attached hydrogens (tertiary/aromatic N) is 2. The van der Waals surface area contributed by atoms with Crippen LogP contribution in [0, 0.1) is 10.1 Å². The Labute approximate surface area is 139 Å². The number of aliphatic hydroxyl groups is 1. The van der Waals surface area contributed by atoms with Gasteiger partial charge < -0.3 is 20.3 Å². The number of nitro groups is 1. The largest absolute Gasteiger partial charge is 0.387 e. The molecule has 24 heavy (non-hydrogen) atoms. The number of benzene rings is 1. The number of hydrogen-bond donors (Lipinski definition) is 3. The summed E-state index contributed by atoms with van der Waals surface area (Å²) in [5.41, 5.74) is 0.372. The molecule has 0 aliphatic carbocycles. The van der Waals surface area contributed by atoms with Crippen LogP contribution >= 0.6 is 0 Å². The Morgan fingerprint density at radius 2 is 2.17 bits per heavy atom. The molecule has 0 fully saturated rings. The predicted octanol–water partition coefficient (Wildman–Crippen LogP) is 1.05. The molecule has 0 radical (unpaired) electrons. The van der Waals surface area contributed by atoms with E-state index in [0.717, 1.165) is 5.52 Å². The van der Waals surface area contributed by atoms with Crippen molar-refractivity contribution in [2.45, 2.75) is 18.9 Å². The van der Waals surface area contributed by atoms with Crippen LogP contribution in [-0.4, -0.2) is 58.6 Å². The van der Waals surface area contributed by atoms with E-state index in [0.29, 0.717) is 17.5 Å². The minimum Gasteiger partial charge on any atom is -0.387 e. The number of nitrogens with one attached hydrogen (secondary N) is 2. The molecule has 0 aliphatic heterocycles. The number of likely N-dealkylation sites (N-methyl/N-ethyl adjacent to an activating group) is 1. The van der Waals surface area contributed by atoms with E-state index in [1.54, 1.807) is 19.2 Å². The lowest BCUT2D eigenvalue weighted by Gasteiger charge is -2.27. The summed E-state index contributed by atoms with van der Waals surface area (Å²) < 4.78 is 0. The molecule has 3 N–H and O–H groups in total. The highest BCUT2D eigenvalue weighted by atomic mass is 16.6. The van der Waals surface area contributed by atoms with Crippen molar-refractivity contribution in [1.82, 2.24) is 15.2 Å². The average molecular weight is 334 g/mol. The van der Waals surface area contributed by atoms with Gasteiger partial charge in [-0.2, -0.15) is 0 Å². The van der Waals surface area contributed by atoms with E-state index in [9.17, 15) is 20.0 Å². The van der Waals surface area contributed by atoms with Gasteiger partial charge in [0, 0.05) is 42.3 Å². The van der Waals surface area contributed by atoms with Crippen LogP contribution in [-0.2, 0) is 11.2 Å². The number of carbonyl (C=O) groups excluding carboxylic acids is 1. The third-order valence-electron chi connectivity index (χ3n) is 3.64. The number of aromatic amines is 1. The Hall–Kier alpha value is -2.45. The molecule has 1 aromatic heterocycles. The van der Waals surface area contributed by atoms with Gasteiger partial charge in [-0.15, -0.1) is 0 Å². The van der Waals surface area contributed by atoms with Crippen LogP contribution in [0.25, 0.3) is 10.9 Å². The molecule has 1 unspecified atom stereocenters. The number of non-ortho nitro benzene ring substituents is 1. The molecule has 0 spiro atoms. The smallest absolute Gasteiger partial charge is 0.270 e. The van der Waals surface area contributed by atoms with Crippen LogP contribution in [0.1, 0.15) is 12.5 Å². The first-order valence-electron chi connectivity index (χ1n) is 7.56. The van der Waals surface area contributed by atoms with Crippen molar-refractivity contribution >= 4 is 22.5 Å². The van der Waals surface area contributed by atoms with Gasteiger partial charge in [-0.25, -0.2) is 0 Å². The van der Waals surface area contributed by atoms with E-state index in [4.69, 9.17) is 0 Å². The summed E-state index contributed by atoms with van der Waals surface area (Å²) in [4.78, 5) is 27.4. The Morgan fingerprint density at radius 1 is 1.46 bits per heavy atom. The molecule has 0 saturated heterocycles. The number of aromatic nitrogens is 1. The molecule has 0 aliphatic rings. The van der Waals surface area contributed by atoms with E-state index < -0.39 is 10.5 Å². The second-order valence-electron chi connectivity index (χ2n) is 6.49. The third-order valence-corrected chi connectivity index (χ3v) is 3.64. The second kappa shape index (κ2) is 6.98. The van der Waals surface area contributed by atoms with Crippen LogP contribution in [0.3, 0.4) is 0 Å². The SMILES string of the molecule is CN(C)CC(C)(O)CNC(=O)Cc1c[nH]c2ccc([N+](=O)[O-])cc12. The number of hydrogen-bond acceptors (Lipinski definition) is 5. The summed E-state index contributed by atoms with van der Waals surface area (Å²) in [6.07, 6.45) is 1.76. The highest BCUT2D eigenvalue weighted by Crippen LogP contribution is 2.24. The fourth-order valence-corrected chi connectivity index (χ4v) is 2.69. The van der Waals surface area contributed by atoms with Crippen molar-refractivity contribution in [3.8, 4) is 0 Å². The van der Waals surface area contributed by atoms with Crippen LogP contribution in [0.4, 0.5) is 5.69 Å². The first-order valence-corrected chi connectivity index (χ1v) is 7.56. The van der Waals surface area contributed by atoms with Gasteiger partial charge in [0.15, 0.2) is 0 Å². The number of carbonyl (C=O) groups is 1. The van der Waals surface area contributed by atoms with E-state index in [1.165, 1.54) is 12.1 Å². The van der Waals surface area contributed by atoms with Crippen molar-refractivity contribution in [3.63, 3.8) is 0 Å². The Bertz CT molecular complexity index is 752. The lowest BCUT2D eigenvalue weighted by molar-refractivity contribution is -0.384. The molecule has 2 rings (SSSR count). The maximum absolute atomic E-state index is 12.1. The molecule has 1 atom stereocenters. The molecular formula is C16H22N4O4. The van der Waals surface area contributed by atoms with Crippen LogP contribution < -0.4 is 5.32 Å². The third kappa shape index (κ3) is 4.53. The number of nitro benzene ring substituents is 1. The topological polar surface area (TPSA) is 112 Å². The molecule has 1 amide bonds. The molecule has 0 bridgehead atoms. The zero-order chi connectivity index (χ0) is 17.9. The average Bonchev–Trinajstić information content (AvgIpc) is 2.86. The fraction of sp³-hybridized carbons (Fsp3) is 0.438. The summed E-state index contributed by atoms with van der Waals surface area (Å²) in [5, 5.41) is 24.4. The molecule has 130 valence electrons. The summed E-state index contributed by atoms with van der Waals surface area (Å²) in [7, 11) is 3.68. The Morgan fingerprint density at radius 3 is 2.79 bits per heavy atom. The van der Waals surface area contributed by atoms with Crippen LogP contribution in [0.2, 0.25) is 0 Å². The van der Waals surface area contributed by atoms with E-state index in [-0.39, 0.29) is 24.6 Å². The lowest BCUT2D eigenvalue weighted by Crippen LogP contribution is -2.47. The van der Waals surface area contributed by atoms with E-state index in [2.05, 4.69) is 10.3 Å². The Kier molecular flexibility index (Phi) is 5.20. The quantitative estimate of drug-likeness (QED) is 0.517. The summed E-state index contributed by atoms with van der Waals surface area (Å²) in [6.45, 7) is 2.21. The molecule has 8 heteroatoms. The number of amides is 1. The first-order chi connectivity index (χ1) is 11.2. The van der Waals surface area contributed by atoms with Crippen molar-refractivity contribution in [1.29, 1.82) is 0 Å². The maximum atomic E-state index is 12.1. The monoisotopic (exact) mass is 334 g/mol. The summed E-state index contributed by atoms with van der Waals surface area (Å²) >= 11 is 0. The number of fused-ring (bicyclic) bond motifs is 1. The second-order valence-corrected chi connectivity index (χ2v) is 6.49. The molecule has 1 aromatic carbocycles. The van der Waals surface area contributed by atoms with Crippen molar-refractivity contribution in [3.05, 3.63) is 40.1 Å². The van der Waals surface area contributed by atoms with Crippen molar-refractivity contribution in [2.24, 2.45) is 0 Å². The molecule has 8 nitrogen and oxygen atoms in total. The van der Waals surface area contributed by atoms with Gasteiger partial charge in [0.2, 0.25) is 5.91 Å². The molecule has 0 saturated carbocycles. The van der Waals surface area contributed by atoms with Gasteiger partial charge in [0.1, 0.15) is 0 Å². The minimum atomic E-state index is -1.03. The normalized spacial score (nSPS) is 13.9. The van der Waals surface area contributed by atoms with E-state index in [1.807, 2.05) is 19.0 Å². The van der Waals surface area contributed by atoms with Gasteiger partial charge in [-0.05, 0) is 32.6 Å². The van der Waals surface area contributed by atoms with Crippen LogP contribution in [0.15, 0.2) is 24.4 Å². The van der Waals surface area contributed by atoms with Gasteiger partial charge in [-0.1, -0.05) is 0 Å². The minimum absolute atomic E-state index is 0.0160. The van der Waals surface area contributed by atoms with Gasteiger partial charge in [-0.3, -0.25) is 14.9 Å². The summed E-state index contributed by atoms with van der Waals surface area (Å²) in [5.74, 6) is -0.249. The predicted molar refractivity (Wildman–Crippen MR) is 90.8 cm³/mol. The van der Waals surface area contributed by atoms with Gasteiger partial charge in [0.05, 0.1) is 16.9 Å². The van der Waals surface area contributed by atoms with Crippen molar-refractivity contribution in [2.75, 3.05) is 27.2 Å². The zero-order valence-electron chi connectivity index (χ0n) is 14.0. The molecule has 2 aromatic rings. The highest BCUT2D eigenvalue weighted by Gasteiger charge is 2.22. The summed E-state index contributed by atoms with van der Waals surface area (Å²) in [6, 6.07) is 4.49. The van der Waals surface area contributed by atoms with Gasteiger partial charge >= 0.3 is 0 Å². The van der Waals surface area contributed by atoms with Gasteiger partial charge in [0.25, 0.3) is 5.69 Å². The molecule has 1 heterocycles. The highest BCUT2D eigenvalue weighted by molar-refractivity contribution is 5.90. The number of H-pyrrole nitrogens is 1. The first kappa shape index (κ1) is 17.9. The maximum Gasteiger partial charge on any atom is 0.270 e.